The van der Waals surface area contributed by atoms with E-state index in [1.807, 2.05) is 25.1 Å². The van der Waals surface area contributed by atoms with Gasteiger partial charge in [-0.15, -0.1) is 11.3 Å². The van der Waals surface area contributed by atoms with E-state index in [1.165, 1.54) is 11.3 Å². The molecular weight excluding hydrogens is 360 g/mol. The summed E-state index contributed by atoms with van der Waals surface area (Å²) in [5.74, 6) is 6.73. The molecule has 0 aliphatic carbocycles. The molecule has 3 heterocycles. The molecule has 4 aromatic rings. The van der Waals surface area contributed by atoms with Crippen molar-refractivity contribution in [2.24, 2.45) is 0 Å². The maximum Gasteiger partial charge on any atom is 0.221 e. The molecule has 0 aliphatic heterocycles. The first-order chi connectivity index (χ1) is 12.9. The fourth-order valence-corrected chi connectivity index (χ4v) is 3.35. The van der Waals surface area contributed by atoms with Crippen molar-refractivity contribution in [1.29, 1.82) is 0 Å². The van der Waals surface area contributed by atoms with Crippen LogP contribution in [0.4, 0.5) is 5.95 Å². The van der Waals surface area contributed by atoms with Crippen LogP contribution in [0.3, 0.4) is 0 Å². The molecule has 8 heteroatoms. The molecule has 7 nitrogen and oxygen atoms in total. The largest absolute Gasteiger partial charge is 0.373 e. The third kappa shape index (κ3) is 3.26. The Balaban J connectivity index is 1.79. The fraction of sp³-hybridized carbons (Fsp3) is 0.158. The first-order valence-electron chi connectivity index (χ1n) is 8.17. The number of thiazole rings is 1. The van der Waals surface area contributed by atoms with Crippen molar-refractivity contribution in [2.45, 2.75) is 19.4 Å². The van der Waals surface area contributed by atoms with E-state index in [1.54, 1.807) is 35.6 Å². The molecule has 1 unspecified atom stereocenters. The predicted octanol–water partition coefficient (Wildman–Crippen LogP) is 2.42. The van der Waals surface area contributed by atoms with Crippen molar-refractivity contribution in [1.82, 2.24) is 24.7 Å². The molecule has 3 N–H and O–H groups in total. The normalized spacial score (nSPS) is 13.1. The summed E-state index contributed by atoms with van der Waals surface area (Å²) in [5.41, 5.74) is 8.61. The van der Waals surface area contributed by atoms with Crippen molar-refractivity contribution < 1.29 is 5.11 Å². The predicted molar refractivity (Wildman–Crippen MR) is 104 cm³/mol. The van der Waals surface area contributed by atoms with E-state index in [0.717, 1.165) is 22.2 Å². The summed E-state index contributed by atoms with van der Waals surface area (Å²) in [5, 5.41) is 16.1. The Bertz CT molecular complexity index is 1180. The standard InChI is InChI=1S/C19H16N6OS/c1-12-14-4-3-13(5-7-19(2,26)16-10-21-11-27-16)9-15(14)25(24-12)17-6-8-22-18(20)23-17/h3-4,6,8-11,26H,1-2H3,(H2,20,22,23). The van der Waals surface area contributed by atoms with Gasteiger partial charge in [-0.1, -0.05) is 11.8 Å². The van der Waals surface area contributed by atoms with Crippen molar-refractivity contribution in [3.05, 3.63) is 58.3 Å². The van der Waals surface area contributed by atoms with Crippen LogP contribution in [0.2, 0.25) is 0 Å². The molecule has 1 atom stereocenters. The zero-order valence-electron chi connectivity index (χ0n) is 14.7. The first kappa shape index (κ1) is 17.1. The summed E-state index contributed by atoms with van der Waals surface area (Å²) in [7, 11) is 0. The molecule has 0 saturated carbocycles. The Morgan fingerprint density at radius 1 is 1.30 bits per heavy atom. The lowest BCUT2D eigenvalue weighted by Crippen LogP contribution is -2.16. The van der Waals surface area contributed by atoms with Gasteiger partial charge in [-0.05, 0) is 32.0 Å². The highest BCUT2D eigenvalue weighted by Crippen LogP contribution is 2.24. The van der Waals surface area contributed by atoms with Gasteiger partial charge in [0.15, 0.2) is 11.4 Å². The highest BCUT2D eigenvalue weighted by atomic mass is 32.1. The van der Waals surface area contributed by atoms with Gasteiger partial charge < -0.3 is 10.8 Å². The summed E-state index contributed by atoms with van der Waals surface area (Å²) >= 11 is 1.37. The van der Waals surface area contributed by atoms with Crippen LogP contribution in [-0.4, -0.2) is 29.8 Å². The topological polar surface area (TPSA) is 103 Å². The molecule has 4 rings (SSSR count). The van der Waals surface area contributed by atoms with E-state index in [9.17, 15) is 5.11 Å². The molecule has 1 aromatic carbocycles. The van der Waals surface area contributed by atoms with Crippen molar-refractivity contribution in [3.63, 3.8) is 0 Å². The summed E-state index contributed by atoms with van der Waals surface area (Å²) in [4.78, 5) is 12.9. The number of aryl methyl sites for hydroxylation is 1. The van der Waals surface area contributed by atoms with Gasteiger partial charge in [0.25, 0.3) is 0 Å². The summed E-state index contributed by atoms with van der Waals surface area (Å²) < 4.78 is 1.72. The number of aromatic nitrogens is 5. The minimum atomic E-state index is -1.26. The second-order valence-corrected chi connectivity index (χ2v) is 7.08. The molecule has 0 fully saturated rings. The van der Waals surface area contributed by atoms with Crippen LogP contribution in [-0.2, 0) is 5.60 Å². The molecule has 134 valence electrons. The average molecular weight is 376 g/mol. The number of nitrogen functional groups attached to an aromatic ring is 1. The highest BCUT2D eigenvalue weighted by Gasteiger charge is 2.21. The second kappa shape index (κ2) is 6.46. The van der Waals surface area contributed by atoms with Gasteiger partial charge in [0.1, 0.15) is 0 Å². The highest BCUT2D eigenvalue weighted by molar-refractivity contribution is 7.09. The smallest absolute Gasteiger partial charge is 0.221 e. The number of hydrogen-bond acceptors (Lipinski definition) is 7. The van der Waals surface area contributed by atoms with Crippen LogP contribution in [0.15, 0.2) is 42.2 Å². The number of aliphatic hydroxyl groups is 1. The maximum atomic E-state index is 10.6. The number of fused-ring (bicyclic) bond motifs is 1. The molecule has 0 saturated heterocycles. The van der Waals surface area contributed by atoms with E-state index in [4.69, 9.17) is 5.73 Å². The average Bonchev–Trinajstić information content (AvgIpc) is 3.29. The van der Waals surface area contributed by atoms with Crippen LogP contribution >= 0.6 is 11.3 Å². The first-order valence-corrected chi connectivity index (χ1v) is 9.05. The third-order valence-electron chi connectivity index (χ3n) is 4.10. The van der Waals surface area contributed by atoms with Gasteiger partial charge in [0.05, 0.1) is 21.6 Å². The number of anilines is 1. The minimum Gasteiger partial charge on any atom is -0.373 e. The Kier molecular flexibility index (Phi) is 4.11. The Labute approximate surface area is 159 Å². The molecular formula is C19H16N6OS. The van der Waals surface area contributed by atoms with Crippen LogP contribution in [0.25, 0.3) is 16.7 Å². The monoisotopic (exact) mass is 376 g/mol. The van der Waals surface area contributed by atoms with E-state index >= 15 is 0 Å². The van der Waals surface area contributed by atoms with Crippen LogP contribution < -0.4 is 5.73 Å². The van der Waals surface area contributed by atoms with Gasteiger partial charge >= 0.3 is 0 Å². The lowest BCUT2D eigenvalue weighted by atomic mass is 10.1. The van der Waals surface area contributed by atoms with Gasteiger partial charge in [-0.3, -0.25) is 4.98 Å². The van der Waals surface area contributed by atoms with Crippen molar-refractivity contribution in [3.8, 4) is 17.7 Å². The van der Waals surface area contributed by atoms with E-state index < -0.39 is 5.60 Å². The molecule has 0 amide bonds. The molecule has 0 aliphatic rings. The number of hydrogen-bond donors (Lipinski definition) is 2. The second-order valence-electron chi connectivity index (χ2n) is 6.19. The number of nitrogens with zero attached hydrogens (tertiary/aromatic N) is 5. The van der Waals surface area contributed by atoms with Gasteiger partial charge in [0.2, 0.25) is 5.95 Å². The summed E-state index contributed by atoms with van der Waals surface area (Å²) in [6, 6.07) is 7.54. The zero-order chi connectivity index (χ0) is 19.0. The molecule has 0 spiro atoms. The third-order valence-corrected chi connectivity index (χ3v) is 5.09. The number of nitrogens with two attached hydrogens (primary N) is 1. The fourth-order valence-electron chi connectivity index (χ4n) is 2.72. The van der Waals surface area contributed by atoms with Crippen molar-refractivity contribution >= 4 is 28.2 Å². The maximum absolute atomic E-state index is 10.6. The molecule has 27 heavy (non-hydrogen) atoms. The Hall–Kier alpha value is -3.28. The van der Waals surface area contributed by atoms with E-state index in [2.05, 4.69) is 31.9 Å². The van der Waals surface area contributed by atoms with E-state index in [-0.39, 0.29) is 5.95 Å². The van der Waals surface area contributed by atoms with Crippen molar-refractivity contribution in [2.75, 3.05) is 5.73 Å². The minimum absolute atomic E-state index is 0.186. The number of rotatable bonds is 2. The summed E-state index contributed by atoms with van der Waals surface area (Å²) in [6.45, 7) is 3.59. The van der Waals surface area contributed by atoms with Gasteiger partial charge in [0, 0.05) is 29.4 Å². The lowest BCUT2D eigenvalue weighted by molar-refractivity contribution is 0.126. The van der Waals surface area contributed by atoms with Crippen LogP contribution in [0.5, 0.6) is 0 Å². The van der Waals surface area contributed by atoms with Gasteiger partial charge in [-0.2, -0.15) is 10.1 Å². The van der Waals surface area contributed by atoms with Crippen LogP contribution in [0, 0.1) is 18.8 Å². The molecule has 0 bridgehead atoms. The van der Waals surface area contributed by atoms with Crippen LogP contribution in [0.1, 0.15) is 23.1 Å². The Morgan fingerprint density at radius 3 is 2.89 bits per heavy atom. The molecule has 0 radical (unpaired) electrons. The zero-order valence-corrected chi connectivity index (χ0v) is 15.5. The Morgan fingerprint density at radius 2 is 2.15 bits per heavy atom. The SMILES string of the molecule is Cc1nn(-c2ccnc(N)n2)c2cc(C#CC(C)(O)c3cncs3)ccc12. The quantitative estimate of drug-likeness (QED) is 0.521. The lowest BCUT2D eigenvalue weighted by Gasteiger charge is -2.12. The van der Waals surface area contributed by atoms with E-state index in [0.29, 0.717) is 10.7 Å². The summed E-state index contributed by atoms with van der Waals surface area (Å²) in [6.07, 6.45) is 3.22. The molecule has 3 aromatic heterocycles. The van der Waals surface area contributed by atoms with Gasteiger partial charge in [-0.25, -0.2) is 9.67 Å². The number of benzene rings is 1.